The number of hydrogen-bond donors (Lipinski definition) is 1. The standard InChI is InChI=1S/C20H19N3O5S/c1-13-8-9-20(19(25)26,18(24)22-21-12-16-3-2-10-29-16)17(11-13)14-4-6-15(7-5-14)23(27)28/h2-8,10,12,17H,9,11H2,1H3,(H,22,24)(H,25,26)/p-1. The summed E-state index contributed by atoms with van der Waals surface area (Å²) in [5.41, 5.74) is 1.80. The molecule has 150 valence electrons. The van der Waals surface area contributed by atoms with Crippen LogP contribution in [0, 0.1) is 15.5 Å². The van der Waals surface area contributed by atoms with Gasteiger partial charge in [-0.2, -0.15) is 5.10 Å². The molecule has 0 saturated heterocycles. The van der Waals surface area contributed by atoms with Gasteiger partial charge >= 0.3 is 0 Å². The van der Waals surface area contributed by atoms with Crippen molar-refractivity contribution >= 4 is 35.1 Å². The smallest absolute Gasteiger partial charge is 0.269 e. The second kappa shape index (κ2) is 8.36. The van der Waals surface area contributed by atoms with Crippen molar-refractivity contribution in [1.29, 1.82) is 0 Å². The van der Waals surface area contributed by atoms with Gasteiger partial charge in [0.1, 0.15) is 5.41 Å². The van der Waals surface area contributed by atoms with E-state index in [1.807, 2.05) is 18.4 Å². The Morgan fingerprint density at radius 2 is 2.03 bits per heavy atom. The summed E-state index contributed by atoms with van der Waals surface area (Å²) in [5, 5.41) is 28.9. The van der Waals surface area contributed by atoms with Crippen molar-refractivity contribution in [3.8, 4) is 0 Å². The molecule has 8 nitrogen and oxygen atoms in total. The minimum atomic E-state index is -1.87. The highest BCUT2D eigenvalue weighted by Crippen LogP contribution is 2.47. The summed E-state index contributed by atoms with van der Waals surface area (Å²) in [4.78, 5) is 36.4. The number of benzene rings is 1. The van der Waals surface area contributed by atoms with E-state index in [0.29, 0.717) is 12.0 Å². The van der Waals surface area contributed by atoms with E-state index < -0.39 is 28.1 Å². The molecule has 1 aromatic carbocycles. The molecule has 0 radical (unpaired) electrons. The molecular formula is C20H18N3O5S-. The zero-order valence-electron chi connectivity index (χ0n) is 15.5. The maximum atomic E-state index is 13.0. The topological polar surface area (TPSA) is 125 Å². The number of carboxylic acid groups (broad SMARTS) is 1. The molecule has 1 aliphatic carbocycles. The highest BCUT2D eigenvalue weighted by atomic mass is 32.1. The molecule has 0 saturated carbocycles. The molecule has 1 heterocycles. The molecule has 2 atom stereocenters. The van der Waals surface area contributed by atoms with E-state index in [0.717, 1.165) is 10.5 Å². The van der Waals surface area contributed by atoms with Crippen molar-refractivity contribution in [3.63, 3.8) is 0 Å². The van der Waals surface area contributed by atoms with Crippen LogP contribution in [-0.2, 0) is 9.59 Å². The maximum absolute atomic E-state index is 13.0. The molecule has 9 heteroatoms. The Balaban J connectivity index is 1.95. The van der Waals surface area contributed by atoms with Crippen LogP contribution in [0.3, 0.4) is 0 Å². The Morgan fingerprint density at radius 3 is 2.62 bits per heavy atom. The Kier molecular flexibility index (Phi) is 5.88. The molecule has 1 amide bonds. The van der Waals surface area contributed by atoms with Crippen molar-refractivity contribution in [2.75, 3.05) is 0 Å². The number of nitrogens with zero attached hydrogens (tertiary/aromatic N) is 2. The van der Waals surface area contributed by atoms with E-state index in [1.54, 1.807) is 12.1 Å². The van der Waals surface area contributed by atoms with Gasteiger partial charge in [0.2, 0.25) is 0 Å². The molecule has 3 rings (SSSR count). The third-order valence-electron chi connectivity index (χ3n) is 5.07. The van der Waals surface area contributed by atoms with E-state index >= 15 is 0 Å². The van der Waals surface area contributed by atoms with Gasteiger partial charge in [0.25, 0.3) is 11.6 Å². The molecule has 1 aliphatic rings. The first kappa shape index (κ1) is 20.4. The van der Waals surface area contributed by atoms with Gasteiger partial charge in [-0.25, -0.2) is 5.43 Å². The summed E-state index contributed by atoms with van der Waals surface area (Å²) in [5.74, 6) is -3.03. The highest BCUT2D eigenvalue weighted by Gasteiger charge is 2.49. The van der Waals surface area contributed by atoms with Crippen molar-refractivity contribution in [1.82, 2.24) is 5.43 Å². The van der Waals surface area contributed by atoms with E-state index in [2.05, 4.69) is 10.5 Å². The number of rotatable bonds is 6. The fourth-order valence-corrected chi connectivity index (χ4v) is 4.06. The zero-order chi connectivity index (χ0) is 21.0. The number of amides is 1. The SMILES string of the molecule is CC1=CCC(C(=O)[O-])(C(=O)NN=Cc2cccs2)C(c2ccc([N+](=O)[O-])cc2)C1. The molecule has 0 aliphatic heterocycles. The normalized spacial score (nSPS) is 21.6. The van der Waals surface area contributed by atoms with E-state index in [-0.39, 0.29) is 12.1 Å². The number of hydrogen-bond acceptors (Lipinski definition) is 7. The van der Waals surface area contributed by atoms with Gasteiger partial charge in [-0.3, -0.25) is 14.9 Å². The number of nitro benzene ring substituents is 1. The van der Waals surface area contributed by atoms with Gasteiger partial charge in [-0.05, 0) is 36.8 Å². The number of nitro groups is 1. The van der Waals surface area contributed by atoms with Crippen LogP contribution < -0.4 is 10.5 Å². The first-order valence-electron chi connectivity index (χ1n) is 8.83. The number of non-ortho nitro benzene ring substituents is 1. The number of carbonyl (C=O) groups excluding carboxylic acids is 2. The number of hydrazone groups is 1. The third-order valence-corrected chi connectivity index (χ3v) is 5.88. The lowest BCUT2D eigenvalue weighted by molar-refractivity contribution is -0.384. The van der Waals surface area contributed by atoms with Crippen LogP contribution in [0.1, 0.15) is 36.1 Å². The number of carboxylic acids is 1. The van der Waals surface area contributed by atoms with Crippen molar-refractivity contribution < 1.29 is 19.6 Å². The Morgan fingerprint density at radius 1 is 1.31 bits per heavy atom. The maximum Gasteiger partial charge on any atom is 0.269 e. The van der Waals surface area contributed by atoms with Gasteiger partial charge in [-0.15, -0.1) is 11.3 Å². The minimum Gasteiger partial charge on any atom is -0.549 e. The number of allylic oxidation sites excluding steroid dienone is 2. The average Bonchev–Trinajstić information content (AvgIpc) is 3.21. The van der Waals surface area contributed by atoms with Crippen molar-refractivity contribution in [3.05, 3.63) is 74.0 Å². The molecule has 29 heavy (non-hydrogen) atoms. The average molecular weight is 412 g/mol. The van der Waals surface area contributed by atoms with E-state index in [4.69, 9.17) is 0 Å². The van der Waals surface area contributed by atoms with Crippen molar-refractivity contribution in [2.45, 2.75) is 25.7 Å². The number of nitrogens with one attached hydrogen (secondary N) is 1. The van der Waals surface area contributed by atoms with Crippen LogP contribution in [0.5, 0.6) is 0 Å². The molecule has 0 spiro atoms. The predicted octanol–water partition coefficient (Wildman–Crippen LogP) is 2.37. The monoisotopic (exact) mass is 412 g/mol. The van der Waals surface area contributed by atoms with Gasteiger partial charge in [0.05, 0.1) is 17.1 Å². The second-order valence-electron chi connectivity index (χ2n) is 6.83. The Labute approximate surface area is 170 Å². The number of aliphatic carboxylic acids is 1. The van der Waals surface area contributed by atoms with Gasteiger partial charge in [-0.1, -0.05) is 29.8 Å². The lowest BCUT2D eigenvalue weighted by Gasteiger charge is -2.42. The molecular weight excluding hydrogens is 394 g/mol. The van der Waals surface area contributed by atoms with Crippen LogP contribution in [0.2, 0.25) is 0 Å². The largest absolute Gasteiger partial charge is 0.549 e. The second-order valence-corrected chi connectivity index (χ2v) is 7.81. The van der Waals surface area contributed by atoms with E-state index in [1.165, 1.54) is 41.8 Å². The quantitative estimate of drug-likeness (QED) is 0.256. The van der Waals surface area contributed by atoms with Crippen LogP contribution in [0.4, 0.5) is 5.69 Å². The lowest BCUT2D eigenvalue weighted by atomic mass is 9.64. The molecule has 1 N–H and O–H groups in total. The number of thiophene rings is 1. The van der Waals surface area contributed by atoms with Crippen LogP contribution in [-0.4, -0.2) is 23.0 Å². The summed E-state index contributed by atoms with van der Waals surface area (Å²) in [7, 11) is 0. The van der Waals surface area contributed by atoms with Crippen LogP contribution in [0.25, 0.3) is 0 Å². The minimum absolute atomic E-state index is 0.0524. The third kappa shape index (κ3) is 4.09. The molecule has 2 unspecified atom stereocenters. The summed E-state index contributed by atoms with van der Waals surface area (Å²) in [6, 6.07) is 9.21. The lowest BCUT2D eigenvalue weighted by Crippen LogP contribution is -2.55. The number of carbonyl (C=O) groups is 2. The van der Waals surface area contributed by atoms with Gasteiger partial charge in [0.15, 0.2) is 0 Å². The summed E-state index contributed by atoms with van der Waals surface area (Å²) in [6.45, 7) is 1.85. The predicted molar refractivity (Wildman–Crippen MR) is 106 cm³/mol. The van der Waals surface area contributed by atoms with Crippen molar-refractivity contribution in [2.24, 2.45) is 10.5 Å². The highest BCUT2D eigenvalue weighted by molar-refractivity contribution is 7.11. The van der Waals surface area contributed by atoms with E-state index in [9.17, 15) is 24.8 Å². The van der Waals surface area contributed by atoms with Crippen LogP contribution >= 0.6 is 11.3 Å². The van der Waals surface area contributed by atoms with Gasteiger partial charge < -0.3 is 9.90 Å². The molecule has 0 bridgehead atoms. The fourth-order valence-electron chi connectivity index (χ4n) is 3.48. The Bertz CT molecular complexity index is 982. The fraction of sp³-hybridized carbons (Fsp3) is 0.250. The van der Waals surface area contributed by atoms with Gasteiger partial charge in [0, 0.05) is 22.9 Å². The summed E-state index contributed by atoms with van der Waals surface area (Å²) < 4.78 is 0. The summed E-state index contributed by atoms with van der Waals surface area (Å²) >= 11 is 1.42. The molecule has 2 aromatic rings. The Hall–Kier alpha value is -3.33. The first-order chi connectivity index (χ1) is 13.8. The van der Waals surface area contributed by atoms with Crippen LogP contribution in [0.15, 0.2) is 58.5 Å². The zero-order valence-corrected chi connectivity index (χ0v) is 16.3. The first-order valence-corrected chi connectivity index (χ1v) is 9.71. The molecule has 0 fully saturated rings. The summed E-state index contributed by atoms with van der Waals surface area (Å²) in [6.07, 6.45) is 3.41. The molecule has 1 aromatic heterocycles.